The van der Waals surface area contributed by atoms with Crippen molar-refractivity contribution in [3.8, 4) is 11.5 Å². The second kappa shape index (κ2) is 13.0. The third-order valence-electron chi connectivity index (χ3n) is 9.34. The number of fused-ring (bicyclic) bond motifs is 7. The zero-order valence-corrected chi connectivity index (χ0v) is 26.5. The summed E-state index contributed by atoms with van der Waals surface area (Å²) in [5, 5.41) is 17.8. The van der Waals surface area contributed by atoms with E-state index >= 15 is 0 Å². The highest BCUT2D eigenvalue weighted by Gasteiger charge is 2.43. The number of benzene rings is 1. The average Bonchev–Trinajstić information content (AvgIpc) is 3.44. The van der Waals surface area contributed by atoms with Gasteiger partial charge < -0.3 is 20.5 Å². The van der Waals surface area contributed by atoms with Gasteiger partial charge in [-0.25, -0.2) is 4.98 Å². The van der Waals surface area contributed by atoms with Crippen molar-refractivity contribution in [1.29, 1.82) is 0 Å². The van der Waals surface area contributed by atoms with Crippen molar-refractivity contribution < 1.29 is 24.3 Å². The second-order valence-corrected chi connectivity index (χ2v) is 14.8. The maximum atomic E-state index is 13.5. The largest absolute Gasteiger partial charge is 0.504 e. The third-order valence-corrected chi connectivity index (χ3v) is 12.7. The fourth-order valence-corrected chi connectivity index (χ4v) is 10.5. The van der Waals surface area contributed by atoms with Crippen molar-refractivity contribution in [2.45, 2.75) is 62.5 Å². The number of hydrogen-bond acceptors (Lipinski definition) is 9. The van der Waals surface area contributed by atoms with Gasteiger partial charge in [0.1, 0.15) is 29.1 Å². The van der Waals surface area contributed by atoms with E-state index < -0.39 is 0 Å². The molecule has 228 valence electrons. The molecule has 4 bridgehead atoms. The predicted molar refractivity (Wildman–Crippen MR) is 173 cm³/mol. The molecule has 4 unspecified atom stereocenters. The summed E-state index contributed by atoms with van der Waals surface area (Å²) >= 11 is 0. The van der Waals surface area contributed by atoms with Gasteiger partial charge in [0.05, 0.1) is 19.7 Å². The first-order valence-electron chi connectivity index (χ1n) is 15.3. The van der Waals surface area contributed by atoms with Crippen LogP contribution in [0.5, 0.6) is 11.5 Å². The van der Waals surface area contributed by atoms with E-state index in [4.69, 9.17) is 9.72 Å². The first-order valence-corrected chi connectivity index (χ1v) is 17.7. The standard InChI is InChI=1S/C33H40N4O4S2/c1-3-21-4-6-25(38)15-29(39)22-5-7-26(27-16-30(40)31(41-2)14-23(27)12-22)24-13-28-32(36-17-24)35-9-8-33(28,43-42-18-21)19-37-11-10-34-20-37/h10-14,16-17,21,26,34,40H,3-9,15,18-20H2,1-2H3,(H,35,36)/p+1. The Labute approximate surface area is 261 Å². The molecule has 4 atom stereocenters. The van der Waals surface area contributed by atoms with Crippen LogP contribution in [0.2, 0.25) is 0 Å². The van der Waals surface area contributed by atoms with E-state index in [9.17, 15) is 14.7 Å². The van der Waals surface area contributed by atoms with E-state index in [-0.39, 0.29) is 34.4 Å². The molecule has 2 aromatic rings. The zero-order valence-electron chi connectivity index (χ0n) is 24.9. The minimum absolute atomic E-state index is 0.0165. The Hall–Kier alpha value is -2.95. The maximum Gasteiger partial charge on any atom is 0.166 e. The van der Waals surface area contributed by atoms with Gasteiger partial charge in [-0.15, -0.1) is 0 Å². The van der Waals surface area contributed by atoms with Gasteiger partial charge in [-0.1, -0.05) is 34.9 Å². The van der Waals surface area contributed by atoms with Crippen LogP contribution >= 0.6 is 21.6 Å². The number of aromatic nitrogens is 1. The van der Waals surface area contributed by atoms with E-state index in [0.29, 0.717) is 36.5 Å². The summed E-state index contributed by atoms with van der Waals surface area (Å²) in [5.74, 6) is 2.59. The molecule has 0 amide bonds. The number of phenolic OH excluding ortho intramolecular Hbond substituents is 1. The number of rotatable bonds is 4. The van der Waals surface area contributed by atoms with Gasteiger partial charge in [0.25, 0.3) is 0 Å². The monoisotopic (exact) mass is 621 g/mol. The number of carbonyl (C=O) groups is 2. The Balaban J connectivity index is 1.48. The van der Waals surface area contributed by atoms with E-state index in [1.54, 1.807) is 6.07 Å². The second-order valence-electron chi connectivity index (χ2n) is 12.1. The quantitative estimate of drug-likeness (QED) is 0.284. The van der Waals surface area contributed by atoms with E-state index in [1.807, 2.05) is 46.1 Å². The van der Waals surface area contributed by atoms with Crippen molar-refractivity contribution in [2.24, 2.45) is 5.92 Å². The first-order chi connectivity index (χ1) is 20.9. The molecule has 4 aliphatic rings. The number of pyridine rings is 1. The molecule has 1 aliphatic carbocycles. The normalized spacial score (nSPS) is 27.4. The fraction of sp³-hybridized carbons (Fsp3) is 0.485. The average molecular weight is 622 g/mol. The summed E-state index contributed by atoms with van der Waals surface area (Å²) in [6.07, 6.45) is 12.5. The van der Waals surface area contributed by atoms with Gasteiger partial charge in [0.15, 0.2) is 24.0 Å². The molecule has 4 heterocycles. The highest BCUT2D eigenvalue weighted by atomic mass is 33.1. The topological polar surface area (TPSA) is 105 Å². The van der Waals surface area contributed by atoms with Crippen molar-refractivity contribution in [2.75, 3.05) is 37.9 Å². The molecular formula is C33H41N4O4S2+. The zero-order chi connectivity index (χ0) is 30.0. The van der Waals surface area contributed by atoms with Crippen molar-refractivity contribution in [3.63, 3.8) is 0 Å². The Bertz CT molecular complexity index is 1460. The molecule has 6 rings (SSSR count). The van der Waals surface area contributed by atoms with Crippen LogP contribution in [0.3, 0.4) is 0 Å². The van der Waals surface area contributed by atoms with Gasteiger partial charge in [-0.05, 0) is 78.1 Å². The molecule has 1 aromatic heterocycles. The molecule has 10 heteroatoms. The minimum Gasteiger partial charge on any atom is -0.504 e. The summed E-state index contributed by atoms with van der Waals surface area (Å²) in [4.78, 5) is 32.9. The fourth-order valence-electron chi connectivity index (χ4n) is 6.76. The highest BCUT2D eigenvalue weighted by Crippen LogP contribution is 2.52. The number of methoxy groups -OCH3 is 1. The number of nitrogens with zero attached hydrogens (tertiary/aromatic N) is 1. The van der Waals surface area contributed by atoms with Crippen LogP contribution in [0.4, 0.5) is 5.82 Å². The lowest BCUT2D eigenvalue weighted by atomic mass is 9.83. The number of quaternary nitrogens is 1. The van der Waals surface area contributed by atoms with E-state index in [0.717, 1.165) is 67.3 Å². The number of ether oxygens (including phenoxy) is 1. The molecule has 0 fully saturated rings. The van der Waals surface area contributed by atoms with Gasteiger partial charge in [0.2, 0.25) is 0 Å². The molecule has 1 aromatic carbocycles. The summed E-state index contributed by atoms with van der Waals surface area (Å²) in [6.45, 7) is 4.85. The Kier molecular flexibility index (Phi) is 9.07. The van der Waals surface area contributed by atoms with Gasteiger partial charge in [-0.2, -0.15) is 0 Å². The summed E-state index contributed by atoms with van der Waals surface area (Å²) < 4.78 is 5.29. The lowest BCUT2D eigenvalue weighted by Crippen LogP contribution is -3.09. The van der Waals surface area contributed by atoms with Crippen LogP contribution in [0.1, 0.15) is 80.0 Å². The lowest BCUT2D eigenvalue weighted by molar-refractivity contribution is -0.845. The maximum absolute atomic E-state index is 13.5. The number of aromatic hydroxyl groups is 1. The van der Waals surface area contributed by atoms with E-state index in [2.05, 4.69) is 29.8 Å². The van der Waals surface area contributed by atoms with Gasteiger partial charge >= 0.3 is 0 Å². The molecule has 43 heavy (non-hydrogen) atoms. The van der Waals surface area contributed by atoms with Gasteiger partial charge in [-0.3, -0.25) is 14.5 Å². The Morgan fingerprint density at radius 2 is 2.09 bits per heavy atom. The summed E-state index contributed by atoms with van der Waals surface area (Å²) in [6, 6.07) is 5.91. The number of ketones is 2. The molecule has 0 saturated carbocycles. The molecule has 0 saturated heterocycles. The molecule has 8 nitrogen and oxygen atoms in total. The molecule has 0 radical (unpaired) electrons. The van der Waals surface area contributed by atoms with Crippen LogP contribution in [0.15, 0.2) is 42.4 Å². The molecular weight excluding hydrogens is 581 g/mol. The van der Waals surface area contributed by atoms with Gasteiger partial charge in [0, 0.05) is 36.4 Å². The number of carbonyl (C=O) groups excluding carboxylic acids is 2. The number of hydrogen-bond donors (Lipinski definition) is 4. The number of phenols is 1. The Morgan fingerprint density at radius 3 is 2.88 bits per heavy atom. The molecule has 3 aliphatic heterocycles. The van der Waals surface area contributed by atoms with Crippen molar-refractivity contribution >= 4 is 45.0 Å². The smallest absolute Gasteiger partial charge is 0.166 e. The SMILES string of the molecule is CCC1CCC(=O)CC(=O)C2=Cc3cc(OC)c(O)cc3C(CC2)c2cnc3c(c2)C(C[NH+]2C=CNC2)(CCN3)SSC1. The van der Waals surface area contributed by atoms with E-state index in [1.165, 1.54) is 17.6 Å². The number of anilines is 1. The number of Topliss-reactive ketones (excluding diaryl/α,β-unsaturated/α-hetero) is 2. The van der Waals surface area contributed by atoms with Crippen molar-refractivity contribution in [1.82, 2.24) is 10.3 Å². The summed E-state index contributed by atoms with van der Waals surface area (Å²) in [5.41, 5.74) is 4.73. The minimum atomic E-state index is -0.156. The van der Waals surface area contributed by atoms with Crippen LogP contribution in [-0.2, 0) is 14.3 Å². The van der Waals surface area contributed by atoms with Crippen LogP contribution in [0, 0.1) is 5.92 Å². The summed E-state index contributed by atoms with van der Waals surface area (Å²) in [7, 11) is 5.41. The van der Waals surface area contributed by atoms with Crippen LogP contribution in [-0.4, -0.2) is 54.3 Å². The van der Waals surface area contributed by atoms with Crippen LogP contribution in [0.25, 0.3) is 6.08 Å². The molecule has 4 N–H and O–H groups in total. The number of allylic oxidation sites excluding steroid dienone is 1. The van der Waals surface area contributed by atoms with Crippen LogP contribution < -0.4 is 20.3 Å². The highest BCUT2D eigenvalue weighted by molar-refractivity contribution is 8.77. The Morgan fingerprint density at radius 1 is 1.21 bits per heavy atom. The molecule has 0 spiro atoms. The third kappa shape index (κ3) is 6.33. The predicted octanol–water partition coefficient (Wildman–Crippen LogP) is 4.76. The lowest BCUT2D eigenvalue weighted by Gasteiger charge is -2.39. The number of nitrogens with one attached hydrogen (secondary N) is 3. The van der Waals surface area contributed by atoms with Crippen molar-refractivity contribution in [3.05, 3.63) is 64.6 Å². The first kappa shape index (κ1) is 30.1.